The van der Waals surface area contributed by atoms with Gasteiger partial charge < -0.3 is 4.74 Å². The SMILES string of the molecule is CCCCCCCCCCCCc1ccc(-c2c(-c3ccccc3)ccc(C(=O)OCCCCCCC)c2F)c(F)c1. The second-order valence-electron chi connectivity index (χ2n) is 11.5. The smallest absolute Gasteiger partial charge is 0.341 e. The molecule has 0 aliphatic rings. The zero-order chi connectivity index (χ0) is 30.0. The van der Waals surface area contributed by atoms with Crippen LogP contribution in [0.4, 0.5) is 8.78 Å². The Bertz CT molecular complexity index is 1210. The summed E-state index contributed by atoms with van der Waals surface area (Å²) in [6.07, 6.45) is 18.5. The van der Waals surface area contributed by atoms with Gasteiger partial charge in [0.1, 0.15) is 11.6 Å². The lowest BCUT2D eigenvalue weighted by Crippen LogP contribution is -2.10. The molecule has 0 amide bonds. The van der Waals surface area contributed by atoms with Gasteiger partial charge in [-0.1, -0.05) is 146 Å². The number of aryl methyl sites for hydroxylation is 1. The average Bonchev–Trinajstić information content (AvgIpc) is 3.00. The molecule has 42 heavy (non-hydrogen) atoms. The van der Waals surface area contributed by atoms with E-state index in [-0.39, 0.29) is 23.3 Å². The molecule has 3 aromatic rings. The van der Waals surface area contributed by atoms with E-state index in [1.807, 2.05) is 36.4 Å². The molecular weight excluding hydrogens is 526 g/mol. The van der Waals surface area contributed by atoms with Crippen LogP contribution in [0, 0.1) is 11.6 Å². The number of carbonyl (C=O) groups excluding carboxylic acids is 1. The van der Waals surface area contributed by atoms with E-state index in [0.29, 0.717) is 5.56 Å². The summed E-state index contributed by atoms with van der Waals surface area (Å²) in [6.45, 7) is 4.64. The first kappa shape index (κ1) is 33.5. The molecule has 0 radical (unpaired) electrons. The molecule has 0 bridgehead atoms. The predicted octanol–water partition coefficient (Wildman–Crippen LogP) is 11.9. The lowest BCUT2D eigenvalue weighted by atomic mass is 9.91. The van der Waals surface area contributed by atoms with Gasteiger partial charge in [-0.3, -0.25) is 0 Å². The number of halogens is 2. The van der Waals surface area contributed by atoms with Crippen molar-refractivity contribution in [2.75, 3.05) is 6.61 Å². The van der Waals surface area contributed by atoms with Crippen molar-refractivity contribution in [3.63, 3.8) is 0 Å². The Balaban J connectivity index is 1.69. The number of benzene rings is 3. The molecule has 228 valence electrons. The van der Waals surface area contributed by atoms with E-state index in [2.05, 4.69) is 13.8 Å². The lowest BCUT2D eigenvalue weighted by Gasteiger charge is -2.16. The van der Waals surface area contributed by atoms with E-state index in [4.69, 9.17) is 4.74 Å². The van der Waals surface area contributed by atoms with Crippen molar-refractivity contribution < 1.29 is 18.3 Å². The molecule has 4 heteroatoms. The van der Waals surface area contributed by atoms with Crippen LogP contribution in [0.2, 0.25) is 0 Å². The van der Waals surface area contributed by atoms with Crippen LogP contribution in [0.25, 0.3) is 22.3 Å². The van der Waals surface area contributed by atoms with Crippen LogP contribution >= 0.6 is 0 Å². The van der Waals surface area contributed by atoms with Crippen molar-refractivity contribution in [2.24, 2.45) is 0 Å². The van der Waals surface area contributed by atoms with Crippen molar-refractivity contribution >= 4 is 5.97 Å². The molecule has 0 fully saturated rings. The zero-order valence-electron chi connectivity index (χ0n) is 25.9. The number of rotatable bonds is 20. The highest BCUT2D eigenvalue weighted by Gasteiger charge is 2.23. The molecule has 0 saturated heterocycles. The first-order valence-corrected chi connectivity index (χ1v) is 16.4. The van der Waals surface area contributed by atoms with Gasteiger partial charge in [-0.05, 0) is 48.1 Å². The molecule has 0 aliphatic carbocycles. The minimum Gasteiger partial charge on any atom is -0.462 e. The summed E-state index contributed by atoms with van der Waals surface area (Å²) >= 11 is 0. The van der Waals surface area contributed by atoms with Gasteiger partial charge in [0.25, 0.3) is 0 Å². The van der Waals surface area contributed by atoms with Crippen molar-refractivity contribution in [3.05, 3.63) is 83.4 Å². The summed E-state index contributed by atoms with van der Waals surface area (Å²) in [5.74, 6) is -1.92. The number of unbranched alkanes of at least 4 members (excludes halogenated alkanes) is 13. The highest BCUT2D eigenvalue weighted by atomic mass is 19.1. The molecule has 0 heterocycles. The molecule has 0 atom stereocenters. The minimum absolute atomic E-state index is 0.0987. The molecule has 2 nitrogen and oxygen atoms in total. The maximum Gasteiger partial charge on any atom is 0.341 e. The van der Waals surface area contributed by atoms with Crippen molar-refractivity contribution in [1.29, 1.82) is 0 Å². The normalized spacial score (nSPS) is 11.1. The number of hydrogen-bond donors (Lipinski definition) is 0. The average molecular weight is 577 g/mol. The van der Waals surface area contributed by atoms with Gasteiger partial charge in [0.15, 0.2) is 0 Å². The Morgan fingerprint density at radius 3 is 1.83 bits per heavy atom. The highest BCUT2D eigenvalue weighted by molar-refractivity contribution is 5.95. The van der Waals surface area contributed by atoms with Crippen LogP contribution in [0.1, 0.15) is 126 Å². The fraction of sp³-hybridized carbons (Fsp3) is 0.500. The highest BCUT2D eigenvalue weighted by Crippen LogP contribution is 2.37. The first-order chi connectivity index (χ1) is 20.6. The number of ether oxygens (including phenoxy) is 1. The van der Waals surface area contributed by atoms with Crippen molar-refractivity contribution in [1.82, 2.24) is 0 Å². The standard InChI is InChI=1S/C38H50F2O2/c1-3-5-7-9-10-11-12-13-14-17-21-30-24-25-33(35(39)29-30)36-32(31-22-18-16-19-23-31)26-27-34(37(36)40)38(41)42-28-20-15-8-6-4-2/h16,18-19,22-27,29H,3-15,17,20-21,28H2,1-2H3. The van der Waals surface area contributed by atoms with Gasteiger partial charge in [-0.15, -0.1) is 0 Å². The maximum absolute atomic E-state index is 16.1. The molecule has 0 saturated carbocycles. The Hall–Kier alpha value is -3.01. The van der Waals surface area contributed by atoms with Gasteiger partial charge >= 0.3 is 5.97 Å². The third-order valence-corrected chi connectivity index (χ3v) is 8.05. The van der Waals surface area contributed by atoms with E-state index in [1.54, 1.807) is 12.1 Å². The molecule has 0 spiro atoms. The Labute approximate surface area is 252 Å². The van der Waals surface area contributed by atoms with E-state index in [1.165, 1.54) is 63.5 Å². The molecule has 0 aromatic heterocycles. The number of hydrogen-bond acceptors (Lipinski definition) is 2. The molecule has 3 aromatic carbocycles. The van der Waals surface area contributed by atoms with E-state index < -0.39 is 17.6 Å². The molecule has 3 rings (SSSR count). The summed E-state index contributed by atoms with van der Waals surface area (Å²) in [5.41, 5.74) is 2.32. The first-order valence-electron chi connectivity index (χ1n) is 16.4. The zero-order valence-corrected chi connectivity index (χ0v) is 25.9. The van der Waals surface area contributed by atoms with Crippen LogP contribution in [0.3, 0.4) is 0 Å². The third kappa shape index (κ3) is 10.7. The fourth-order valence-corrected chi connectivity index (χ4v) is 5.54. The monoisotopic (exact) mass is 576 g/mol. The molecular formula is C38H50F2O2. The van der Waals surface area contributed by atoms with Crippen molar-refractivity contribution in [2.45, 2.75) is 117 Å². The van der Waals surface area contributed by atoms with Crippen molar-refractivity contribution in [3.8, 4) is 22.3 Å². The molecule has 0 N–H and O–H groups in total. The van der Waals surface area contributed by atoms with Crippen LogP contribution < -0.4 is 0 Å². The van der Waals surface area contributed by atoms with Gasteiger partial charge in [0.05, 0.1) is 12.2 Å². The summed E-state index contributed by atoms with van der Waals surface area (Å²) in [7, 11) is 0. The molecule has 0 aliphatic heterocycles. The number of carbonyl (C=O) groups is 1. The summed E-state index contributed by atoms with van der Waals surface area (Å²) in [6, 6.07) is 17.6. The largest absolute Gasteiger partial charge is 0.462 e. The Kier molecular flexibility index (Phi) is 15.3. The van der Waals surface area contributed by atoms with Crippen LogP contribution in [0.15, 0.2) is 60.7 Å². The van der Waals surface area contributed by atoms with Crippen LogP contribution in [-0.4, -0.2) is 12.6 Å². The fourth-order valence-electron chi connectivity index (χ4n) is 5.54. The van der Waals surface area contributed by atoms with E-state index >= 15 is 8.78 Å². The summed E-state index contributed by atoms with van der Waals surface area (Å²) in [5, 5.41) is 0. The second kappa shape index (κ2) is 19.2. The second-order valence-corrected chi connectivity index (χ2v) is 11.5. The Morgan fingerprint density at radius 2 is 1.21 bits per heavy atom. The quantitative estimate of drug-likeness (QED) is 0.0987. The van der Waals surface area contributed by atoms with Gasteiger partial charge in [0.2, 0.25) is 0 Å². The number of esters is 1. The van der Waals surface area contributed by atoms with Crippen LogP contribution in [0.5, 0.6) is 0 Å². The van der Waals surface area contributed by atoms with E-state index in [9.17, 15) is 4.79 Å². The topological polar surface area (TPSA) is 26.3 Å². The predicted molar refractivity (Wildman–Crippen MR) is 172 cm³/mol. The third-order valence-electron chi connectivity index (χ3n) is 8.05. The summed E-state index contributed by atoms with van der Waals surface area (Å²) in [4.78, 5) is 12.8. The van der Waals surface area contributed by atoms with Gasteiger partial charge in [-0.25, -0.2) is 13.6 Å². The van der Waals surface area contributed by atoms with Gasteiger partial charge in [0, 0.05) is 11.1 Å². The molecule has 0 unspecified atom stereocenters. The summed E-state index contributed by atoms with van der Waals surface area (Å²) < 4.78 is 37.1. The Morgan fingerprint density at radius 1 is 0.643 bits per heavy atom. The van der Waals surface area contributed by atoms with Crippen LogP contribution in [-0.2, 0) is 11.2 Å². The lowest BCUT2D eigenvalue weighted by molar-refractivity contribution is 0.0492. The minimum atomic E-state index is -0.742. The van der Waals surface area contributed by atoms with E-state index in [0.717, 1.165) is 62.5 Å². The van der Waals surface area contributed by atoms with Gasteiger partial charge in [-0.2, -0.15) is 0 Å². The maximum atomic E-state index is 16.1.